The van der Waals surface area contributed by atoms with Gasteiger partial charge in [-0.15, -0.1) is 0 Å². The number of nitrogens with one attached hydrogen (secondary N) is 2. The van der Waals surface area contributed by atoms with Crippen molar-refractivity contribution in [1.82, 2.24) is 15.5 Å². The SMILES string of the molecule is CCOC(=O)CCNC(=O)C(c1ccc(O)c(C)c1)N(C(=O)C(CC(N)=O)NC(=O)OC(C)(C)C)C(C)CCC(C)C. The van der Waals surface area contributed by atoms with Crippen molar-refractivity contribution >= 4 is 29.8 Å². The van der Waals surface area contributed by atoms with E-state index in [1.165, 1.54) is 17.0 Å². The number of aromatic hydroxyl groups is 1. The molecule has 4 amide bonds. The lowest BCUT2D eigenvalue weighted by Gasteiger charge is -2.38. The topological polar surface area (TPSA) is 177 Å². The zero-order valence-electron chi connectivity index (χ0n) is 26.1. The van der Waals surface area contributed by atoms with Crippen LogP contribution in [0.2, 0.25) is 0 Å². The van der Waals surface area contributed by atoms with Gasteiger partial charge in [-0.3, -0.25) is 19.2 Å². The van der Waals surface area contributed by atoms with Crippen LogP contribution in [0.3, 0.4) is 0 Å². The number of rotatable bonds is 15. The number of hydrogen-bond donors (Lipinski definition) is 4. The Labute approximate surface area is 248 Å². The quantitative estimate of drug-likeness (QED) is 0.224. The minimum atomic E-state index is -1.42. The Morgan fingerprint density at radius 1 is 1.07 bits per heavy atom. The number of phenols is 1. The van der Waals surface area contributed by atoms with Crippen LogP contribution in [0.5, 0.6) is 5.75 Å². The molecule has 0 aliphatic heterocycles. The van der Waals surface area contributed by atoms with E-state index >= 15 is 0 Å². The van der Waals surface area contributed by atoms with E-state index in [1.54, 1.807) is 47.6 Å². The average molecular weight is 593 g/mol. The largest absolute Gasteiger partial charge is 0.508 e. The first-order chi connectivity index (χ1) is 19.5. The fourth-order valence-corrected chi connectivity index (χ4v) is 4.25. The Bertz CT molecular complexity index is 1100. The maximum Gasteiger partial charge on any atom is 0.408 e. The highest BCUT2D eigenvalue weighted by molar-refractivity contribution is 5.94. The van der Waals surface area contributed by atoms with Crippen molar-refractivity contribution < 1.29 is 38.6 Å². The van der Waals surface area contributed by atoms with Crippen molar-refractivity contribution in [3.63, 3.8) is 0 Å². The van der Waals surface area contributed by atoms with Gasteiger partial charge in [0.05, 0.1) is 19.4 Å². The molecule has 0 radical (unpaired) electrons. The predicted molar refractivity (Wildman–Crippen MR) is 157 cm³/mol. The molecule has 0 heterocycles. The van der Waals surface area contributed by atoms with Crippen molar-refractivity contribution in [2.75, 3.05) is 13.2 Å². The van der Waals surface area contributed by atoms with E-state index in [-0.39, 0.29) is 25.3 Å². The molecule has 0 fully saturated rings. The minimum Gasteiger partial charge on any atom is -0.508 e. The van der Waals surface area contributed by atoms with E-state index < -0.39 is 59.9 Å². The summed E-state index contributed by atoms with van der Waals surface area (Å²) < 4.78 is 10.2. The van der Waals surface area contributed by atoms with E-state index in [9.17, 15) is 29.1 Å². The van der Waals surface area contributed by atoms with Gasteiger partial charge in [-0.05, 0) is 83.6 Å². The summed E-state index contributed by atoms with van der Waals surface area (Å²) in [5, 5.41) is 15.3. The van der Waals surface area contributed by atoms with E-state index in [2.05, 4.69) is 10.6 Å². The lowest BCUT2D eigenvalue weighted by atomic mass is 9.95. The number of nitrogens with zero attached hydrogens (tertiary/aromatic N) is 1. The van der Waals surface area contributed by atoms with Gasteiger partial charge in [-0.2, -0.15) is 0 Å². The van der Waals surface area contributed by atoms with Gasteiger partial charge < -0.3 is 35.8 Å². The third-order valence-electron chi connectivity index (χ3n) is 6.28. The number of primary amides is 1. The van der Waals surface area contributed by atoms with Crippen LogP contribution in [0.4, 0.5) is 4.79 Å². The molecule has 42 heavy (non-hydrogen) atoms. The normalized spacial score (nSPS) is 13.5. The average Bonchev–Trinajstić information content (AvgIpc) is 2.85. The molecule has 0 aliphatic rings. The number of nitrogens with two attached hydrogens (primary N) is 1. The lowest BCUT2D eigenvalue weighted by molar-refractivity contribution is -0.146. The number of aryl methyl sites for hydroxylation is 1. The number of carbonyl (C=O) groups is 5. The number of hydrogen-bond acceptors (Lipinski definition) is 8. The summed E-state index contributed by atoms with van der Waals surface area (Å²) in [6, 6.07) is 1.34. The zero-order chi connectivity index (χ0) is 32.2. The minimum absolute atomic E-state index is 0.00384. The number of phenolic OH excluding ortho intramolecular Hbond substituents is 1. The maximum absolute atomic E-state index is 14.2. The Balaban J connectivity index is 3.64. The predicted octanol–water partition coefficient (Wildman–Crippen LogP) is 3.23. The third kappa shape index (κ3) is 12.4. The molecule has 0 aromatic heterocycles. The fourth-order valence-electron chi connectivity index (χ4n) is 4.25. The molecule has 5 N–H and O–H groups in total. The number of ether oxygens (including phenoxy) is 2. The molecule has 0 saturated carbocycles. The Morgan fingerprint density at radius 2 is 1.71 bits per heavy atom. The van der Waals surface area contributed by atoms with Crippen molar-refractivity contribution in [1.29, 1.82) is 0 Å². The highest BCUT2D eigenvalue weighted by atomic mass is 16.6. The van der Waals surface area contributed by atoms with Gasteiger partial charge in [0.25, 0.3) is 0 Å². The van der Waals surface area contributed by atoms with Crippen molar-refractivity contribution in [3.8, 4) is 5.75 Å². The van der Waals surface area contributed by atoms with E-state index in [0.29, 0.717) is 23.5 Å². The first-order valence-electron chi connectivity index (χ1n) is 14.3. The van der Waals surface area contributed by atoms with Crippen LogP contribution in [-0.4, -0.2) is 70.6 Å². The van der Waals surface area contributed by atoms with Crippen molar-refractivity contribution in [2.45, 2.75) is 105 Å². The molecule has 0 bridgehead atoms. The smallest absolute Gasteiger partial charge is 0.408 e. The molecule has 3 unspecified atom stereocenters. The summed E-state index contributed by atoms with van der Waals surface area (Å²) in [4.78, 5) is 65.9. The zero-order valence-corrected chi connectivity index (χ0v) is 26.1. The van der Waals surface area contributed by atoms with Crippen LogP contribution < -0.4 is 16.4 Å². The number of carbonyl (C=O) groups excluding carboxylic acids is 5. The highest BCUT2D eigenvalue weighted by Crippen LogP contribution is 2.30. The number of amides is 4. The summed E-state index contributed by atoms with van der Waals surface area (Å²) in [5.41, 5.74) is 5.44. The summed E-state index contributed by atoms with van der Waals surface area (Å²) >= 11 is 0. The van der Waals surface area contributed by atoms with Crippen molar-refractivity contribution in [2.24, 2.45) is 11.7 Å². The first-order valence-corrected chi connectivity index (χ1v) is 14.3. The number of esters is 1. The molecular formula is C30H48N4O8. The van der Waals surface area contributed by atoms with Crippen LogP contribution in [0.25, 0.3) is 0 Å². The van der Waals surface area contributed by atoms with Crippen LogP contribution in [0.1, 0.15) is 91.3 Å². The van der Waals surface area contributed by atoms with Crippen LogP contribution in [0, 0.1) is 12.8 Å². The molecule has 0 saturated heterocycles. The van der Waals surface area contributed by atoms with Gasteiger partial charge in [-0.25, -0.2) is 4.79 Å². The fraction of sp³-hybridized carbons (Fsp3) is 0.633. The standard InChI is InChI=1S/C30H48N4O8/c1-9-41-25(37)14-15-32-27(38)26(21-12-13-23(35)19(4)16-21)34(20(5)11-10-18(2)3)28(39)22(17-24(31)36)33-29(40)42-30(6,7)8/h12-13,16,18,20,22,26,35H,9-11,14-15,17H2,1-8H3,(H2,31,36)(H,32,38)(H,33,40). The van der Waals surface area contributed by atoms with E-state index in [4.69, 9.17) is 15.2 Å². The third-order valence-corrected chi connectivity index (χ3v) is 6.28. The molecule has 12 nitrogen and oxygen atoms in total. The van der Waals surface area contributed by atoms with Gasteiger partial charge in [0.1, 0.15) is 23.4 Å². The molecule has 0 aliphatic carbocycles. The highest BCUT2D eigenvalue weighted by Gasteiger charge is 2.39. The molecule has 1 aromatic rings. The molecule has 236 valence electrons. The Hall–Kier alpha value is -3.83. The summed E-state index contributed by atoms with van der Waals surface area (Å²) in [6.45, 7) is 14.3. The molecular weight excluding hydrogens is 544 g/mol. The van der Waals surface area contributed by atoms with Crippen LogP contribution in [-0.2, 0) is 28.7 Å². The Kier molecular flexibility index (Phi) is 14.3. The summed E-state index contributed by atoms with van der Waals surface area (Å²) in [6.07, 6.45) is -0.313. The number of benzene rings is 1. The van der Waals surface area contributed by atoms with Gasteiger partial charge in [0, 0.05) is 12.6 Å². The van der Waals surface area contributed by atoms with Crippen LogP contribution >= 0.6 is 0 Å². The van der Waals surface area contributed by atoms with E-state index in [1.807, 2.05) is 13.8 Å². The molecule has 3 atom stereocenters. The molecule has 1 aromatic carbocycles. The second kappa shape index (κ2) is 16.6. The molecule has 12 heteroatoms. The number of alkyl carbamates (subject to hydrolysis) is 1. The second-order valence-corrected chi connectivity index (χ2v) is 11.7. The first kappa shape index (κ1) is 36.2. The van der Waals surface area contributed by atoms with Gasteiger partial charge >= 0.3 is 12.1 Å². The van der Waals surface area contributed by atoms with E-state index in [0.717, 1.165) is 6.42 Å². The maximum atomic E-state index is 14.2. The molecule has 0 spiro atoms. The second-order valence-electron chi connectivity index (χ2n) is 11.7. The van der Waals surface area contributed by atoms with Crippen molar-refractivity contribution in [3.05, 3.63) is 29.3 Å². The van der Waals surface area contributed by atoms with Crippen LogP contribution in [0.15, 0.2) is 18.2 Å². The van der Waals surface area contributed by atoms with Gasteiger partial charge in [0.15, 0.2) is 0 Å². The van der Waals surface area contributed by atoms with Gasteiger partial charge in [0.2, 0.25) is 17.7 Å². The summed E-state index contributed by atoms with van der Waals surface area (Å²) in [7, 11) is 0. The molecule has 1 rings (SSSR count). The Morgan fingerprint density at radius 3 is 2.24 bits per heavy atom. The lowest BCUT2D eigenvalue weighted by Crippen LogP contribution is -2.56. The summed E-state index contributed by atoms with van der Waals surface area (Å²) in [5.74, 6) is -2.34. The monoisotopic (exact) mass is 592 g/mol. The van der Waals surface area contributed by atoms with Gasteiger partial charge in [-0.1, -0.05) is 19.9 Å².